The molecule has 2 aromatic rings. The van der Waals surface area contributed by atoms with Crippen LogP contribution >= 0.6 is 15.9 Å². The molecule has 5 heteroatoms. The van der Waals surface area contributed by atoms with Gasteiger partial charge in [0.05, 0.1) is 5.52 Å². The van der Waals surface area contributed by atoms with Crippen molar-refractivity contribution >= 4 is 21.4 Å². The fourth-order valence-electron chi connectivity index (χ4n) is 2.42. The van der Waals surface area contributed by atoms with Crippen LogP contribution in [0, 0.1) is 0 Å². The van der Waals surface area contributed by atoms with Gasteiger partial charge in [0.1, 0.15) is 16.2 Å². The molecule has 0 bridgehead atoms. The van der Waals surface area contributed by atoms with Crippen molar-refractivity contribution in [2.75, 3.05) is 13.1 Å². The molecule has 3 rings (SSSR count). The van der Waals surface area contributed by atoms with E-state index in [1.165, 1.54) is 12.8 Å². The fraction of sp³-hybridized carbons (Fsp3) is 0.417. The maximum absolute atomic E-state index is 9.50. The first kappa shape index (κ1) is 11.0. The quantitative estimate of drug-likeness (QED) is 0.848. The van der Waals surface area contributed by atoms with Crippen LogP contribution in [0.15, 0.2) is 22.9 Å². The smallest absolute Gasteiger partial charge is 0.132 e. The van der Waals surface area contributed by atoms with Crippen molar-refractivity contribution in [1.82, 2.24) is 14.7 Å². The van der Waals surface area contributed by atoms with Crippen molar-refractivity contribution in [3.8, 4) is 5.75 Å². The summed E-state index contributed by atoms with van der Waals surface area (Å²) in [5, 5.41) is 12.9. The monoisotopic (exact) mass is 295 g/mol. The molecule has 0 saturated carbocycles. The number of pyridine rings is 1. The van der Waals surface area contributed by atoms with E-state index in [1.54, 1.807) is 12.1 Å². The molecule has 0 aliphatic carbocycles. The molecule has 90 valence electrons. The van der Waals surface area contributed by atoms with Gasteiger partial charge < -0.3 is 14.8 Å². The van der Waals surface area contributed by atoms with E-state index in [0.29, 0.717) is 5.92 Å². The maximum Gasteiger partial charge on any atom is 0.132 e. The fourth-order valence-corrected chi connectivity index (χ4v) is 2.91. The highest BCUT2D eigenvalue weighted by Crippen LogP contribution is 2.29. The molecule has 0 aromatic carbocycles. The summed E-state index contributed by atoms with van der Waals surface area (Å²) in [5.41, 5.74) is 0.922. The van der Waals surface area contributed by atoms with E-state index in [-0.39, 0.29) is 5.75 Å². The van der Waals surface area contributed by atoms with Crippen molar-refractivity contribution in [1.29, 1.82) is 0 Å². The molecule has 2 aromatic heterocycles. The van der Waals surface area contributed by atoms with E-state index in [4.69, 9.17) is 0 Å². The number of aromatic hydroxyl groups is 1. The number of hydrogen-bond acceptors (Lipinski definition) is 3. The second kappa shape index (κ2) is 4.31. The van der Waals surface area contributed by atoms with Crippen LogP contribution in [0.4, 0.5) is 0 Å². The average molecular weight is 296 g/mol. The van der Waals surface area contributed by atoms with Gasteiger partial charge in [-0.15, -0.1) is 0 Å². The summed E-state index contributed by atoms with van der Waals surface area (Å²) in [6, 6.07) is 3.43. The summed E-state index contributed by atoms with van der Waals surface area (Å²) in [5.74, 6) is 1.79. The number of imidazole rings is 1. The van der Waals surface area contributed by atoms with Crippen molar-refractivity contribution in [2.45, 2.75) is 18.8 Å². The summed E-state index contributed by atoms with van der Waals surface area (Å²) in [6.45, 7) is 2.08. The first-order valence-corrected chi connectivity index (χ1v) is 6.62. The zero-order valence-electron chi connectivity index (χ0n) is 9.36. The van der Waals surface area contributed by atoms with Crippen LogP contribution < -0.4 is 5.32 Å². The summed E-state index contributed by atoms with van der Waals surface area (Å²) in [4.78, 5) is 4.58. The third-order valence-corrected chi connectivity index (χ3v) is 3.85. The molecule has 1 unspecified atom stereocenters. The first-order valence-electron chi connectivity index (χ1n) is 5.83. The number of fused-ring (bicyclic) bond motifs is 1. The van der Waals surface area contributed by atoms with E-state index in [2.05, 4.69) is 30.6 Å². The van der Waals surface area contributed by atoms with Crippen molar-refractivity contribution in [2.24, 2.45) is 0 Å². The van der Waals surface area contributed by atoms with Crippen LogP contribution in [0.2, 0.25) is 0 Å². The Morgan fingerprint density at radius 1 is 1.53 bits per heavy atom. The van der Waals surface area contributed by atoms with Gasteiger partial charge in [0.2, 0.25) is 0 Å². The maximum atomic E-state index is 9.50. The van der Waals surface area contributed by atoms with E-state index in [0.717, 1.165) is 29.0 Å². The molecule has 1 aliphatic heterocycles. The second-order valence-corrected chi connectivity index (χ2v) is 5.20. The van der Waals surface area contributed by atoms with Crippen LogP contribution in [-0.2, 0) is 0 Å². The summed E-state index contributed by atoms with van der Waals surface area (Å²) in [6.07, 6.45) is 4.24. The predicted molar refractivity (Wildman–Crippen MR) is 69.4 cm³/mol. The molecule has 1 atom stereocenters. The van der Waals surface area contributed by atoms with Gasteiger partial charge in [-0.25, -0.2) is 4.98 Å². The van der Waals surface area contributed by atoms with Gasteiger partial charge in [-0.05, 0) is 41.4 Å². The normalized spacial score (nSPS) is 20.9. The van der Waals surface area contributed by atoms with E-state index in [1.807, 2.05) is 6.20 Å². The molecular weight excluding hydrogens is 282 g/mol. The minimum atomic E-state index is 0.270. The lowest BCUT2D eigenvalue weighted by molar-refractivity contribution is 0.445. The van der Waals surface area contributed by atoms with Gasteiger partial charge in [0.15, 0.2) is 0 Å². The Morgan fingerprint density at radius 2 is 2.41 bits per heavy atom. The number of aromatic nitrogens is 2. The third kappa shape index (κ3) is 1.93. The summed E-state index contributed by atoms with van der Waals surface area (Å²) >= 11 is 3.46. The zero-order valence-corrected chi connectivity index (χ0v) is 10.9. The molecular formula is C12H14BrN3O. The molecule has 2 N–H and O–H groups in total. The van der Waals surface area contributed by atoms with Gasteiger partial charge in [-0.2, -0.15) is 0 Å². The molecule has 1 aliphatic rings. The topological polar surface area (TPSA) is 49.6 Å². The van der Waals surface area contributed by atoms with Crippen LogP contribution in [0.1, 0.15) is 24.6 Å². The SMILES string of the molecule is Oc1ccn2c(C3CCCNC3)nc(Br)c2c1. The number of rotatable bonds is 1. The third-order valence-electron chi connectivity index (χ3n) is 3.27. The number of nitrogens with one attached hydrogen (secondary N) is 1. The lowest BCUT2D eigenvalue weighted by atomic mass is 9.99. The van der Waals surface area contributed by atoms with Crippen molar-refractivity contribution < 1.29 is 5.11 Å². The van der Waals surface area contributed by atoms with Gasteiger partial charge in [-0.1, -0.05) is 0 Å². The lowest BCUT2D eigenvalue weighted by Gasteiger charge is -2.21. The highest BCUT2D eigenvalue weighted by atomic mass is 79.9. The molecule has 0 radical (unpaired) electrons. The van der Waals surface area contributed by atoms with E-state index >= 15 is 0 Å². The Kier molecular flexibility index (Phi) is 2.80. The lowest BCUT2D eigenvalue weighted by Crippen LogP contribution is -2.29. The minimum Gasteiger partial charge on any atom is -0.508 e. The predicted octanol–water partition coefficient (Wildman–Crippen LogP) is 2.27. The van der Waals surface area contributed by atoms with Crippen molar-refractivity contribution in [3.05, 3.63) is 28.8 Å². The van der Waals surface area contributed by atoms with Crippen molar-refractivity contribution in [3.63, 3.8) is 0 Å². The number of hydrogen-bond donors (Lipinski definition) is 2. The number of piperidine rings is 1. The van der Waals surface area contributed by atoms with Crippen LogP contribution in [0.25, 0.3) is 5.52 Å². The molecule has 0 amide bonds. The van der Waals surface area contributed by atoms with E-state index < -0.39 is 0 Å². The average Bonchev–Trinajstić information content (AvgIpc) is 2.68. The standard InChI is InChI=1S/C12H14BrN3O/c13-11-10-6-9(17)3-5-16(10)12(15-11)8-2-1-4-14-7-8/h3,5-6,8,14,17H,1-2,4,7H2. The number of nitrogens with zero attached hydrogens (tertiary/aromatic N) is 2. The molecule has 0 spiro atoms. The summed E-state index contributed by atoms with van der Waals surface area (Å²) < 4.78 is 2.86. The molecule has 1 fully saturated rings. The number of halogens is 1. The summed E-state index contributed by atoms with van der Waals surface area (Å²) in [7, 11) is 0. The first-order chi connectivity index (χ1) is 8.25. The van der Waals surface area contributed by atoms with Gasteiger partial charge in [0, 0.05) is 24.7 Å². The minimum absolute atomic E-state index is 0.270. The van der Waals surface area contributed by atoms with Crippen LogP contribution in [0.5, 0.6) is 5.75 Å². The molecule has 3 heterocycles. The highest BCUT2D eigenvalue weighted by molar-refractivity contribution is 9.10. The van der Waals surface area contributed by atoms with E-state index in [9.17, 15) is 5.11 Å². The Balaban J connectivity index is 2.10. The Hall–Kier alpha value is -1.07. The van der Waals surface area contributed by atoms with Gasteiger partial charge in [0.25, 0.3) is 0 Å². The largest absolute Gasteiger partial charge is 0.508 e. The van der Waals surface area contributed by atoms with Crippen LogP contribution in [0.3, 0.4) is 0 Å². The molecule has 4 nitrogen and oxygen atoms in total. The van der Waals surface area contributed by atoms with Crippen LogP contribution in [-0.4, -0.2) is 27.6 Å². The zero-order chi connectivity index (χ0) is 11.8. The molecule has 17 heavy (non-hydrogen) atoms. The Morgan fingerprint density at radius 3 is 3.18 bits per heavy atom. The second-order valence-electron chi connectivity index (χ2n) is 4.44. The highest BCUT2D eigenvalue weighted by Gasteiger charge is 2.21. The van der Waals surface area contributed by atoms with Gasteiger partial charge in [-0.3, -0.25) is 0 Å². The Labute approximate surface area is 108 Å². The van der Waals surface area contributed by atoms with Gasteiger partial charge >= 0.3 is 0 Å². The Bertz CT molecular complexity index is 546. The molecule has 1 saturated heterocycles.